The van der Waals surface area contributed by atoms with Crippen LogP contribution < -0.4 is 4.90 Å². The summed E-state index contributed by atoms with van der Waals surface area (Å²) in [4.78, 5) is 15.7. The molecule has 2 heterocycles. The third-order valence-corrected chi connectivity index (χ3v) is 4.79. The summed E-state index contributed by atoms with van der Waals surface area (Å²) < 4.78 is 2.21. The summed E-state index contributed by atoms with van der Waals surface area (Å²) in [5.41, 5.74) is 2.72. The molecule has 1 aliphatic rings. The highest BCUT2D eigenvalue weighted by Crippen LogP contribution is 2.34. The molecule has 0 saturated heterocycles. The van der Waals surface area contributed by atoms with E-state index < -0.39 is 0 Å². The van der Waals surface area contributed by atoms with Crippen LogP contribution in [0.2, 0.25) is 0 Å². The van der Waals surface area contributed by atoms with Crippen molar-refractivity contribution < 1.29 is 5.11 Å². The number of aromatic nitrogens is 4. The van der Waals surface area contributed by atoms with Gasteiger partial charge in [-0.1, -0.05) is 12.8 Å². The third kappa shape index (κ3) is 2.48. The number of benzene rings is 1. The van der Waals surface area contributed by atoms with Gasteiger partial charge >= 0.3 is 0 Å². The summed E-state index contributed by atoms with van der Waals surface area (Å²) >= 11 is 0. The molecule has 0 bridgehead atoms. The second-order valence-corrected chi connectivity index (χ2v) is 6.22. The van der Waals surface area contributed by atoms with Crippen molar-refractivity contribution in [1.82, 2.24) is 19.5 Å². The maximum atomic E-state index is 9.52. The van der Waals surface area contributed by atoms with Crippen molar-refractivity contribution in [3.05, 3.63) is 36.9 Å². The molecule has 24 heavy (non-hydrogen) atoms. The van der Waals surface area contributed by atoms with Crippen LogP contribution in [0.1, 0.15) is 38.6 Å². The highest BCUT2D eigenvalue weighted by molar-refractivity contribution is 5.86. The van der Waals surface area contributed by atoms with Gasteiger partial charge < -0.3 is 14.6 Å². The monoisotopic (exact) mass is 323 g/mol. The number of nitrogens with zero attached hydrogens (tertiary/aromatic N) is 5. The number of aromatic hydroxyl groups is 1. The Morgan fingerprint density at radius 1 is 1.12 bits per heavy atom. The van der Waals surface area contributed by atoms with Crippen molar-refractivity contribution in [2.45, 2.75) is 38.6 Å². The molecule has 0 amide bonds. The summed E-state index contributed by atoms with van der Waals surface area (Å²) in [6, 6.07) is 7.66. The minimum atomic E-state index is 0.258. The van der Waals surface area contributed by atoms with Gasteiger partial charge in [-0.2, -0.15) is 0 Å². The van der Waals surface area contributed by atoms with Gasteiger partial charge in [0.25, 0.3) is 0 Å². The first kappa shape index (κ1) is 14.9. The number of imidazole rings is 1. The molecule has 2 aromatic heterocycles. The molecule has 1 aromatic carbocycles. The van der Waals surface area contributed by atoms with Crippen molar-refractivity contribution in [2.75, 3.05) is 11.4 Å². The number of phenolic OH excluding ortho intramolecular Hbond substituents is 1. The molecule has 1 fully saturated rings. The lowest BCUT2D eigenvalue weighted by Gasteiger charge is -2.22. The largest absolute Gasteiger partial charge is 0.508 e. The first-order valence-corrected chi connectivity index (χ1v) is 8.52. The molecule has 6 heteroatoms. The zero-order chi connectivity index (χ0) is 16.5. The minimum Gasteiger partial charge on any atom is -0.508 e. The Morgan fingerprint density at radius 2 is 1.88 bits per heavy atom. The predicted octanol–water partition coefficient (Wildman–Crippen LogP) is 3.81. The summed E-state index contributed by atoms with van der Waals surface area (Å²) in [5.74, 6) is 1.07. The first-order chi connectivity index (χ1) is 11.8. The lowest BCUT2D eigenvalue weighted by Crippen LogP contribution is -2.18. The quantitative estimate of drug-likeness (QED) is 0.791. The zero-order valence-electron chi connectivity index (χ0n) is 13.8. The second kappa shape index (κ2) is 6.11. The van der Waals surface area contributed by atoms with Crippen LogP contribution in [0.3, 0.4) is 0 Å². The van der Waals surface area contributed by atoms with E-state index in [0.29, 0.717) is 6.04 Å². The Kier molecular flexibility index (Phi) is 3.80. The molecular weight excluding hydrogens is 302 g/mol. The van der Waals surface area contributed by atoms with Crippen molar-refractivity contribution in [1.29, 1.82) is 0 Å². The van der Waals surface area contributed by atoms with Gasteiger partial charge in [0.05, 0.1) is 6.33 Å². The Morgan fingerprint density at radius 3 is 2.58 bits per heavy atom. The van der Waals surface area contributed by atoms with E-state index in [9.17, 15) is 5.11 Å². The zero-order valence-corrected chi connectivity index (χ0v) is 13.8. The molecule has 3 aromatic rings. The highest BCUT2D eigenvalue weighted by atomic mass is 16.3. The van der Waals surface area contributed by atoms with Gasteiger partial charge in [0.1, 0.15) is 12.1 Å². The molecule has 0 atom stereocenters. The SMILES string of the molecule is CCN(c1ccc(O)cc1)c1ncnc2c1ncn2C1CCCC1. The molecule has 0 radical (unpaired) electrons. The van der Waals surface area contributed by atoms with E-state index in [4.69, 9.17) is 0 Å². The molecule has 0 aliphatic heterocycles. The topological polar surface area (TPSA) is 67.1 Å². The number of hydrogen-bond donors (Lipinski definition) is 1. The number of anilines is 2. The summed E-state index contributed by atoms with van der Waals surface area (Å²) in [5, 5.41) is 9.52. The van der Waals surface area contributed by atoms with Crippen LogP contribution in [-0.2, 0) is 0 Å². The number of fused-ring (bicyclic) bond motifs is 1. The van der Waals surface area contributed by atoms with E-state index in [2.05, 4.69) is 31.3 Å². The van der Waals surface area contributed by atoms with E-state index in [1.165, 1.54) is 25.7 Å². The third-order valence-electron chi connectivity index (χ3n) is 4.79. The van der Waals surface area contributed by atoms with Gasteiger partial charge in [-0.05, 0) is 44.0 Å². The first-order valence-electron chi connectivity index (χ1n) is 8.52. The molecule has 6 nitrogen and oxygen atoms in total. The van der Waals surface area contributed by atoms with Crippen LogP contribution in [0.5, 0.6) is 5.75 Å². The number of rotatable bonds is 4. The van der Waals surface area contributed by atoms with Crippen molar-refractivity contribution >= 4 is 22.7 Å². The predicted molar refractivity (Wildman–Crippen MR) is 93.6 cm³/mol. The molecule has 1 N–H and O–H groups in total. The van der Waals surface area contributed by atoms with Crippen molar-refractivity contribution in [2.24, 2.45) is 0 Å². The van der Waals surface area contributed by atoms with Crippen LogP contribution in [0.25, 0.3) is 11.2 Å². The van der Waals surface area contributed by atoms with Crippen LogP contribution >= 0.6 is 0 Å². The van der Waals surface area contributed by atoms with Crippen LogP contribution in [0, 0.1) is 0 Å². The molecule has 1 saturated carbocycles. The molecule has 4 rings (SSSR count). The van der Waals surface area contributed by atoms with Gasteiger partial charge in [-0.3, -0.25) is 0 Å². The van der Waals surface area contributed by atoms with E-state index in [0.717, 1.165) is 29.2 Å². The van der Waals surface area contributed by atoms with E-state index in [-0.39, 0.29) is 5.75 Å². The average molecular weight is 323 g/mol. The molecular formula is C18H21N5O. The van der Waals surface area contributed by atoms with Gasteiger partial charge in [0, 0.05) is 18.3 Å². The molecule has 0 unspecified atom stereocenters. The van der Waals surface area contributed by atoms with Crippen molar-refractivity contribution in [3.63, 3.8) is 0 Å². The summed E-state index contributed by atoms with van der Waals surface area (Å²) in [6.07, 6.45) is 8.46. The standard InChI is InChI=1S/C18H21N5O/c1-2-22(14-7-9-15(24)10-8-14)17-16-18(20-11-19-17)23(12-21-16)13-5-3-4-6-13/h7-13,24H,2-6H2,1H3. The van der Waals surface area contributed by atoms with Crippen LogP contribution in [-0.4, -0.2) is 31.2 Å². The fourth-order valence-electron chi connectivity index (χ4n) is 3.57. The van der Waals surface area contributed by atoms with Gasteiger partial charge in [-0.15, -0.1) is 0 Å². The van der Waals surface area contributed by atoms with Crippen LogP contribution in [0.15, 0.2) is 36.9 Å². The van der Waals surface area contributed by atoms with Gasteiger partial charge in [0.15, 0.2) is 17.0 Å². The molecule has 0 spiro atoms. The number of hydrogen-bond acceptors (Lipinski definition) is 5. The Balaban J connectivity index is 1.79. The maximum Gasteiger partial charge on any atom is 0.165 e. The smallest absolute Gasteiger partial charge is 0.165 e. The van der Waals surface area contributed by atoms with E-state index >= 15 is 0 Å². The lowest BCUT2D eigenvalue weighted by atomic mass is 10.2. The van der Waals surface area contributed by atoms with Crippen LogP contribution in [0.4, 0.5) is 11.5 Å². The van der Waals surface area contributed by atoms with Gasteiger partial charge in [-0.25, -0.2) is 15.0 Å². The minimum absolute atomic E-state index is 0.258. The fourth-order valence-corrected chi connectivity index (χ4v) is 3.57. The van der Waals surface area contributed by atoms with E-state index in [1.807, 2.05) is 18.5 Å². The van der Waals surface area contributed by atoms with E-state index in [1.54, 1.807) is 18.5 Å². The normalized spacial score (nSPS) is 15.2. The Hall–Kier alpha value is -2.63. The Labute approximate surface area is 140 Å². The van der Waals surface area contributed by atoms with Crippen molar-refractivity contribution in [3.8, 4) is 5.75 Å². The number of phenols is 1. The highest BCUT2D eigenvalue weighted by Gasteiger charge is 2.22. The maximum absolute atomic E-state index is 9.52. The molecule has 1 aliphatic carbocycles. The summed E-state index contributed by atoms with van der Waals surface area (Å²) in [7, 11) is 0. The molecule has 124 valence electrons. The average Bonchev–Trinajstić information content (AvgIpc) is 3.26. The fraction of sp³-hybridized carbons (Fsp3) is 0.389. The Bertz CT molecular complexity index is 836. The van der Waals surface area contributed by atoms with Gasteiger partial charge in [0.2, 0.25) is 0 Å². The second-order valence-electron chi connectivity index (χ2n) is 6.22. The lowest BCUT2D eigenvalue weighted by molar-refractivity contribution is 0.475. The summed E-state index contributed by atoms with van der Waals surface area (Å²) in [6.45, 7) is 2.84.